The molecule has 11 heteroatoms. The molecule has 0 fully saturated rings. The molecule has 198 valence electrons. The quantitative estimate of drug-likeness (QED) is 0.132. The maximum Gasteiger partial charge on any atom is 0.329 e. The minimum Gasteiger partial charge on any atom is -0.490 e. The van der Waals surface area contributed by atoms with Crippen LogP contribution in [0.25, 0.3) is 0 Å². The smallest absolute Gasteiger partial charge is 0.329 e. The molecule has 3 N–H and O–H groups in total. The summed E-state index contributed by atoms with van der Waals surface area (Å²) in [6.07, 6.45) is 2.23. The molecule has 0 aliphatic rings. The lowest BCUT2D eigenvalue weighted by atomic mass is 10.1. The number of aryl methyl sites for hydroxylation is 1. The van der Waals surface area contributed by atoms with Crippen LogP contribution in [0.3, 0.4) is 0 Å². The fraction of sp³-hybridized carbons (Fsp3) is 0.185. The van der Waals surface area contributed by atoms with Gasteiger partial charge in [-0.05, 0) is 83.5 Å². The number of ether oxygens (including phenoxy) is 2. The van der Waals surface area contributed by atoms with E-state index in [-0.39, 0.29) is 18.2 Å². The van der Waals surface area contributed by atoms with E-state index in [4.69, 9.17) is 9.47 Å². The van der Waals surface area contributed by atoms with Gasteiger partial charge in [0.05, 0.1) is 22.1 Å². The normalized spacial score (nSPS) is 10.6. The van der Waals surface area contributed by atoms with E-state index >= 15 is 0 Å². The van der Waals surface area contributed by atoms with Gasteiger partial charge in [0, 0.05) is 5.69 Å². The summed E-state index contributed by atoms with van der Waals surface area (Å²) in [5, 5.41) is 8.75. The molecule has 0 spiro atoms. The number of benzene rings is 3. The second-order valence-corrected chi connectivity index (χ2v) is 8.95. The monoisotopic (exact) mass is 632 g/mol. The molecule has 9 nitrogen and oxygen atoms in total. The van der Waals surface area contributed by atoms with Gasteiger partial charge in [-0.2, -0.15) is 5.10 Å². The molecule has 3 amide bonds. The lowest BCUT2D eigenvalue weighted by molar-refractivity contribution is -0.136. The van der Waals surface area contributed by atoms with E-state index in [9.17, 15) is 18.8 Å². The molecule has 0 saturated heterocycles. The predicted octanol–water partition coefficient (Wildman–Crippen LogP) is 4.50. The van der Waals surface area contributed by atoms with E-state index in [0.29, 0.717) is 32.9 Å². The van der Waals surface area contributed by atoms with Crippen molar-refractivity contribution < 1.29 is 28.2 Å². The third kappa shape index (κ3) is 8.26. The Balaban J connectivity index is 1.60. The molecule has 0 aromatic heterocycles. The molecule has 0 radical (unpaired) electrons. The summed E-state index contributed by atoms with van der Waals surface area (Å²) in [6.45, 7) is 3.97. The zero-order valence-corrected chi connectivity index (χ0v) is 22.9. The third-order valence-corrected chi connectivity index (χ3v) is 5.83. The standard InChI is InChI=1S/C27H26FIN4O5/c1-3-17-9-11-19(12-10-17)31-24(34)16-38-25-21(29)13-18(14-23(25)37-4-2)15-30-33-27(36)26(35)32-22-8-6-5-7-20(22)28/h5-15H,3-4,16H2,1-2H3,(H,31,34)(H,32,35)(H,33,36)/b30-15-. The number of carbonyl (C=O) groups is 3. The Morgan fingerprint density at radius 1 is 0.974 bits per heavy atom. The number of anilines is 2. The maximum absolute atomic E-state index is 13.7. The van der Waals surface area contributed by atoms with Crippen LogP contribution in [0.5, 0.6) is 11.5 Å². The van der Waals surface area contributed by atoms with E-state index in [1.807, 2.05) is 46.9 Å². The highest BCUT2D eigenvalue weighted by atomic mass is 127. The summed E-state index contributed by atoms with van der Waals surface area (Å²) in [6, 6.07) is 16.4. The van der Waals surface area contributed by atoms with Crippen LogP contribution in [0.4, 0.5) is 15.8 Å². The number of carbonyl (C=O) groups excluding carboxylic acids is 3. The van der Waals surface area contributed by atoms with Crippen molar-refractivity contribution in [2.24, 2.45) is 5.10 Å². The summed E-state index contributed by atoms with van der Waals surface area (Å²) in [7, 11) is 0. The molecular weight excluding hydrogens is 606 g/mol. The van der Waals surface area contributed by atoms with Crippen molar-refractivity contribution in [1.29, 1.82) is 0 Å². The van der Waals surface area contributed by atoms with Crippen LogP contribution in [0.1, 0.15) is 25.0 Å². The van der Waals surface area contributed by atoms with Crippen molar-refractivity contribution in [3.63, 3.8) is 0 Å². The zero-order chi connectivity index (χ0) is 27.5. The van der Waals surface area contributed by atoms with Gasteiger partial charge < -0.3 is 20.1 Å². The van der Waals surface area contributed by atoms with Crippen molar-refractivity contribution in [2.45, 2.75) is 20.3 Å². The molecule has 0 bridgehead atoms. The van der Waals surface area contributed by atoms with Gasteiger partial charge in [0.2, 0.25) is 0 Å². The number of hydrogen-bond acceptors (Lipinski definition) is 6. The summed E-state index contributed by atoms with van der Waals surface area (Å²) < 4.78 is 25.7. The van der Waals surface area contributed by atoms with Crippen molar-refractivity contribution in [3.05, 3.63) is 81.2 Å². The number of amides is 3. The van der Waals surface area contributed by atoms with E-state index in [2.05, 4.69) is 28.1 Å². The number of nitrogens with one attached hydrogen (secondary N) is 3. The van der Waals surface area contributed by atoms with Gasteiger partial charge in [0.1, 0.15) is 5.82 Å². The zero-order valence-electron chi connectivity index (χ0n) is 20.7. The largest absolute Gasteiger partial charge is 0.490 e. The summed E-state index contributed by atoms with van der Waals surface area (Å²) in [5.41, 5.74) is 4.36. The lowest BCUT2D eigenvalue weighted by Gasteiger charge is -2.14. The number of halogens is 2. The van der Waals surface area contributed by atoms with Crippen LogP contribution in [-0.2, 0) is 20.8 Å². The minimum atomic E-state index is -1.07. The summed E-state index contributed by atoms with van der Waals surface area (Å²) in [4.78, 5) is 36.4. The topological polar surface area (TPSA) is 118 Å². The first-order valence-electron chi connectivity index (χ1n) is 11.7. The van der Waals surface area contributed by atoms with Gasteiger partial charge in [-0.15, -0.1) is 0 Å². The first-order valence-corrected chi connectivity index (χ1v) is 12.7. The van der Waals surface area contributed by atoms with Gasteiger partial charge in [-0.25, -0.2) is 9.82 Å². The SMILES string of the molecule is CCOc1cc(/C=N\NC(=O)C(=O)Nc2ccccc2F)cc(I)c1OCC(=O)Nc1ccc(CC)cc1. The number of rotatable bonds is 10. The molecule has 0 saturated carbocycles. The van der Waals surface area contributed by atoms with Crippen molar-refractivity contribution in [3.8, 4) is 11.5 Å². The molecule has 0 aliphatic heterocycles. The number of hydrogen-bond donors (Lipinski definition) is 3. The minimum absolute atomic E-state index is 0.119. The Morgan fingerprint density at radius 2 is 1.71 bits per heavy atom. The van der Waals surface area contributed by atoms with Gasteiger partial charge in [-0.1, -0.05) is 31.2 Å². The molecule has 0 unspecified atom stereocenters. The molecule has 0 aliphatic carbocycles. The highest BCUT2D eigenvalue weighted by Crippen LogP contribution is 2.34. The molecule has 0 atom stereocenters. The second kappa shape index (κ2) is 14.1. The van der Waals surface area contributed by atoms with Crippen LogP contribution < -0.4 is 25.5 Å². The molecule has 3 aromatic rings. The first kappa shape index (κ1) is 28.6. The first-order chi connectivity index (χ1) is 18.3. The fourth-order valence-electron chi connectivity index (χ4n) is 3.18. The molecule has 38 heavy (non-hydrogen) atoms. The summed E-state index contributed by atoms with van der Waals surface area (Å²) >= 11 is 2.04. The molecule has 3 aromatic carbocycles. The molecule has 0 heterocycles. The number of para-hydroxylation sites is 1. The Labute approximate surface area is 232 Å². The Kier molecular flexibility index (Phi) is 10.6. The number of nitrogens with zero attached hydrogens (tertiary/aromatic N) is 1. The third-order valence-electron chi connectivity index (χ3n) is 5.03. The van der Waals surface area contributed by atoms with Crippen LogP contribution in [0, 0.1) is 9.39 Å². The van der Waals surface area contributed by atoms with E-state index in [0.717, 1.165) is 12.5 Å². The van der Waals surface area contributed by atoms with E-state index in [1.165, 1.54) is 30.0 Å². The van der Waals surface area contributed by atoms with Gasteiger partial charge >= 0.3 is 11.8 Å². The van der Waals surface area contributed by atoms with Crippen LogP contribution >= 0.6 is 22.6 Å². The highest BCUT2D eigenvalue weighted by Gasteiger charge is 2.16. The fourth-order valence-corrected chi connectivity index (χ4v) is 3.96. The average molecular weight is 632 g/mol. The lowest BCUT2D eigenvalue weighted by Crippen LogP contribution is -2.32. The average Bonchev–Trinajstić information content (AvgIpc) is 2.90. The second-order valence-electron chi connectivity index (χ2n) is 7.78. The van der Waals surface area contributed by atoms with Crippen molar-refractivity contribution >= 4 is 57.9 Å². The Hall–Kier alpha value is -4.00. The van der Waals surface area contributed by atoms with Crippen molar-refractivity contribution in [1.82, 2.24) is 5.43 Å². The highest BCUT2D eigenvalue weighted by molar-refractivity contribution is 14.1. The molecular formula is C27H26FIN4O5. The van der Waals surface area contributed by atoms with Crippen LogP contribution in [0.15, 0.2) is 65.8 Å². The van der Waals surface area contributed by atoms with E-state index in [1.54, 1.807) is 19.1 Å². The summed E-state index contributed by atoms with van der Waals surface area (Å²) in [5.74, 6) is -2.37. The van der Waals surface area contributed by atoms with Crippen molar-refractivity contribution in [2.75, 3.05) is 23.8 Å². The van der Waals surface area contributed by atoms with E-state index < -0.39 is 17.6 Å². The number of hydrazone groups is 1. The van der Waals surface area contributed by atoms with Gasteiger partial charge in [-0.3, -0.25) is 14.4 Å². The Bertz CT molecular complexity index is 1330. The van der Waals surface area contributed by atoms with Gasteiger partial charge in [0.15, 0.2) is 18.1 Å². The maximum atomic E-state index is 13.7. The Morgan fingerprint density at radius 3 is 2.39 bits per heavy atom. The van der Waals surface area contributed by atoms with Crippen LogP contribution in [0.2, 0.25) is 0 Å². The predicted molar refractivity (Wildman–Crippen MR) is 151 cm³/mol. The van der Waals surface area contributed by atoms with Gasteiger partial charge in [0.25, 0.3) is 5.91 Å². The van der Waals surface area contributed by atoms with Crippen LogP contribution in [-0.4, -0.2) is 37.1 Å². The molecule has 3 rings (SSSR count).